The molecule has 0 aromatic carbocycles. The van der Waals surface area contributed by atoms with E-state index in [2.05, 4.69) is 35.9 Å². The zero-order chi connectivity index (χ0) is 4.12. The molecule has 5 heavy (non-hydrogen) atoms. The van der Waals surface area contributed by atoms with Crippen molar-refractivity contribution < 1.29 is 0 Å². The predicted octanol–water partition coefficient (Wildman–Crippen LogP) is 2.04. The lowest BCUT2D eigenvalue weighted by Crippen LogP contribution is -1.66. The van der Waals surface area contributed by atoms with Gasteiger partial charge in [-0.2, -0.15) is 0 Å². The average Bonchev–Trinajstić information content (AvgIpc) is 1.41. The van der Waals surface area contributed by atoms with Gasteiger partial charge in [0.25, 0.3) is 0 Å². The van der Waals surface area contributed by atoms with Crippen LogP contribution in [0.15, 0.2) is 0 Å². The van der Waals surface area contributed by atoms with E-state index in [1.165, 1.54) is 10.8 Å². The van der Waals surface area contributed by atoms with Crippen molar-refractivity contribution in [3.05, 3.63) is 6.42 Å². The fourth-order valence-electron chi connectivity index (χ4n) is 0.109. The molecule has 0 N–H and O–H groups in total. The Morgan fingerprint density at radius 1 is 1.80 bits per heavy atom. The fourth-order valence-corrected chi connectivity index (χ4v) is 0.732. The molecular formula is C4H8I. The second kappa shape index (κ2) is 4.73. The third-order valence-corrected chi connectivity index (χ3v) is 1.02. The maximum Gasteiger partial charge on any atom is 0.00265 e. The van der Waals surface area contributed by atoms with E-state index in [1.807, 2.05) is 0 Å². The first-order chi connectivity index (χ1) is 2.41. The maximum absolute atomic E-state index is 2.33. The van der Waals surface area contributed by atoms with Crippen LogP contribution in [0.3, 0.4) is 0 Å². The van der Waals surface area contributed by atoms with Crippen molar-refractivity contribution in [3.8, 4) is 0 Å². The van der Waals surface area contributed by atoms with E-state index >= 15 is 0 Å². The monoisotopic (exact) mass is 183 g/mol. The number of alkyl halides is 1. The normalized spacial score (nSPS) is 8.40. The van der Waals surface area contributed by atoms with Gasteiger partial charge in [0.15, 0.2) is 0 Å². The fraction of sp³-hybridized carbons (Fsp3) is 0.750. The number of hydrogen-bond donors (Lipinski definition) is 0. The van der Waals surface area contributed by atoms with Crippen LogP contribution in [-0.4, -0.2) is 4.43 Å². The van der Waals surface area contributed by atoms with E-state index in [9.17, 15) is 0 Å². The summed E-state index contributed by atoms with van der Waals surface area (Å²) in [5.74, 6) is 0. The van der Waals surface area contributed by atoms with Gasteiger partial charge in [-0.05, 0) is 6.42 Å². The molecule has 0 bridgehead atoms. The molecule has 0 aromatic rings. The summed E-state index contributed by atoms with van der Waals surface area (Å²) in [6.07, 6.45) is 3.45. The van der Waals surface area contributed by atoms with Gasteiger partial charge in [0.05, 0.1) is 0 Å². The Balaban J connectivity index is 2.19. The number of unbranched alkanes of at least 4 members (excludes halogenated alkanes) is 1. The smallest absolute Gasteiger partial charge is 0.00265 e. The lowest BCUT2D eigenvalue weighted by molar-refractivity contribution is 1.11. The number of halogens is 1. The molecule has 0 aromatic heterocycles. The summed E-state index contributed by atoms with van der Waals surface area (Å²) in [4.78, 5) is 0. The molecule has 0 amide bonds. The van der Waals surface area contributed by atoms with Gasteiger partial charge < -0.3 is 0 Å². The maximum atomic E-state index is 2.33. The first kappa shape index (κ1) is 5.73. The minimum atomic E-state index is 1.19. The average molecular weight is 183 g/mol. The van der Waals surface area contributed by atoms with Crippen molar-refractivity contribution in [1.82, 2.24) is 0 Å². The van der Waals surface area contributed by atoms with E-state index < -0.39 is 0 Å². The van der Waals surface area contributed by atoms with Crippen LogP contribution in [0.4, 0.5) is 0 Å². The molecule has 0 aliphatic carbocycles. The summed E-state index contributed by atoms with van der Waals surface area (Å²) in [6, 6.07) is 0. The van der Waals surface area contributed by atoms with Crippen molar-refractivity contribution in [2.24, 2.45) is 0 Å². The van der Waals surface area contributed by atoms with Crippen molar-refractivity contribution in [3.63, 3.8) is 0 Å². The molecule has 0 heterocycles. The molecule has 0 saturated heterocycles. The second-order valence-corrected chi connectivity index (χ2v) is 1.73. The van der Waals surface area contributed by atoms with E-state index in [0.29, 0.717) is 0 Å². The van der Waals surface area contributed by atoms with Crippen LogP contribution in [0.5, 0.6) is 0 Å². The Kier molecular flexibility index (Phi) is 5.42. The summed E-state index contributed by atoms with van der Waals surface area (Å²) in [5, 5.41) is 0. The molecule has 0 unspecified atom stereocenters. The van der Waals surface area contributed by atoms with Crippen LogP contribution >= 0.6 is 22.6 Å². The molecule has 0 spiro atoms. The summed E-state index contributed by atoms with van der Waals surface area (Å²) in [5.41, 5.74) is 0. The van der Waals surface area contributed by atoms with Gasteiger partial charge in [0, 0.05) is 4.43 Å². The van der Waals surface area contributed by atoms with Gasteiger partial charge in [-0.15, -0.1) is 0 Å². The summed E-state index contributed by atoms with van der Waals surface area (Å²) >= 11 is 2.33. The van der Waals surface area contributed by atoms with Gasteiger partial charge in [-0.25, -0.2) is 0 Å². The summed E-state index contributed by atoms with van der Waals surface area (Å²) < 4.78 is 1.19. The zero-order valence-corrected chi connectivity index (χ0v) is 5.53. The molecule has 0 nitrogen and oxygen atoms in total. The van der Waals surface area contributed by atoms with Crippen LogP contribution in [0.2, 0.25) is 0 Å². The highest BCUT2D eigenvalue weighted by Gasteiger charge is 1.70. The Bertz CT molecular complexity index is 11.1. The Morgan fingerprint density at radius 2 is 2.40 bits per heavy atom. The Labute approximate surface area is 47.1 Å². The molecule has 0 fully saturated rings. The molecule has 31 valence electrons. The summed E-state index contributed by atoms with van der Waals surface area (Å²) in [6.45, 7) is 2.15. The third-order valence-electron chi connectivity index (χ3n) is 0.398. The molecular weight excluding hydrogens is 175 g/mol. The first-order valence-electron chi connectivity index (χ1n) is 1.79. The highest BCUT2D eigenvalue weighted by atomic mass is 127. The quantitative estimate of drug-likeness (QED) is 0.453. The van der Waals surface area contributed by atoms with E-state index in [1.54, 1.807) is 0 Å². The van der Waals surface area contributed by atoms with Crippen LogP contribution in [0.25, 0.3) is 0 Å². The topological polar surface area (TPSA) is 0 Å². The van der Waals surface area contributed by atoms with Gasteiger partial charge >= 0.3 is 0 Å². The summed E-state index contributed by atoms with van der Waals surface area (Å²) in [7, 11) is 0. The van der Waals surface area contributed by atoms with Crippen molar-refractivity contribution >= 4 is 22.6 Å². The van der Waals surface area contributed by atoms with Crippen molar-refractivity contribution in [1.29, 1.82) is 0 Å². The molecule has 1 radical (unpaired) electrons. The van der Waals surface area contributed by atoms with Gasteiger partial charge in [-0.3, -0.25) is 0 Å². The SMILES string of the molecule is CC[CH]CI. The number of hydrogen-bond acceptors (Lipinski definition) is 0. The van der Waals surface area contributed by atoms with Crippen molar-refractivity contribution in [2.45, 2.75) is 13.3 Å². The lowest BCUT2D eigenvalue weighted by atomic mass is 10.4. The molecule has 0 aliphatic rings. The van der Waals surface area contributed by atoms with E-state index in [4.69, 9.17) is 0 Å². The predicted molar refractivity (Wildman–Crippen MR) is 33.5 cm³/mol. The molecule has 0 saturated carbocycles. The molecule has 0 rings (SSSR count). The first-order valence-corrected chi connectivity index (χ1v) is 3.32. The zero-order valence-electron chi connectivity index (χ0n) is 3.37. The molecule has 1 heteroatoms. The second-order valence-electron chi connectivity index (χ2n) is 0.851. The van der Waals surface area contributed by atoms with Gasteiger partial charge in [-0.1, -0.05) is 35.9 Å². The van der Waals surface area contributed by atoms with Gasteiger partial charge in [0.1, 0.15) is 0 Å². The van der Waals surface area contributed by atoms with E-state index in [0.717, 1.165) is 0 Å². The molecule has 0 atom stereocenters. The van der Waals surface area contributed by atoms with Crippen LogP contribution in [0, 0.1) is 6.42 Å². The van der Waals surface area contributed by atoms with Crippen LogP contribution < -0.4 is 0 Å². The van der Waals surface area contributed by atoms with E-state index in [-0.39, 0.29) is 0 Å². The minimum Gasteiger partial charge on any atom is -0.0861 e. The van der Waals surface area contributed by atoms with Crippen molar-refractivity contribution in [2.75, 3.05) is 4.43 Å². The highest BCUT2D eigenvalue weighted by Crippen LogP contribution is 1.88. The minimum absolute atomic E-state index is 1.19. The largest absolute Gasteiger partial charge is 0.0861 e. The molecule has 0 aliphatic heterocycles. The lowest BCUT2D eigenvalue weighted by Gasteiger charge is -1.77. The van der Waals surface area contributed by atoms with Crippen LogP contribution in [0.1, 0.15) is 13.3 Å². The Morgan fingerprint density at radius 3 is 2.40 bits per heavy atom. The van der Waals surface area contributed by atoms with Gasteiger partial charge in [0.2, 0.25) is 0 Å². The number of rotatable bonds is 2. The highest BCUT2D eigenvalue weighted by molar-refractivity contribution is 14.1. The standard InChI is InChI=1S/C4H8I/c1-2-3-4-5/h3H,2,4H2,1H3. The van der Waals surface area contributed by atoms with Crippen LogP contribution in [-0.2, 0) is 0 Å². The Hall–Kier alpha value is 0.730. The third kappa shape index (κ3) is 4.73.